The van der Waals surface area contributed by atoms with E-state index < -0.39 is 0 Å². The molecule has 0 aromatic carbocycles. The Morgan fingerprint density at radius 2 is 2.26 bits per heavy atom. The van der Waals surface area contributed by atoms with Crippen LogP contribution in [0.1, 0.15) is 44.0 Å². The van der Waals surface area contributed by atoms with Gasteiger partial charge >= 0.3 is 5.97 Å². The van der Waals surface area contributed by atoms with Crippen LogP contribution in [0.2, 0.25) is 0 Å². The molecule has 1 aromatic rings. The molecule has 0 saturated carbocycles. The number of rotatable bonds is 5. The van der Waals surface area contributed by atoms with E-state index in [2.05, 4.69) is 10.3 Å². The summed E-state index contributed by atoms with van der Waals surface area (Å²) in [5.74, 6) is 0.231. The monoisotopic (exact) mass is 319 g/mol. The summed E-state index contributed by atoms with van der Waals surface area (Å²) in [6, 6.07) is 3.45. The molecule has 1 atom stereocenters. The lowest BCUT2D eigenvalue weighted by molar-refractivity contribution is -0.125. The third kappa shape index (κ3) is 4.43. The molecule has 0 spiro atoms. The van der Waals surface area contributed by atoms with Crippen molar-refractivity contribution in [3.8, 4) is 0 Å². The van der Waals surface area contributed by atoms with Gasteiger partial charge in [-0.05, 0) is 45.7 Å². The first kappa shape index (κ1) is 17.2. The Kier molecular flexibility index (Phi) is 5.96. The topological polar surface area (TPSA) is 71.5 Å². The van der Waals surface area contributed by atoms with Crippen molar-refractivity contribution in [2.75, 3.05) is 24.5 Å². The molecule has 0 bridgehead atoms. The van der Waals surface area contributed by atoms with Gasteiger partial charge in [-0.15, -0.1) is 0 Å². The number of piperidine rings is 1. The molecule has 0 radical (unpaired) electrons. The smallest absolute Gasteiger partial charge is 0.342 e. The number of hydrogen-bond donors (Lipinski definition) is 1. The van der Waals surface area contributed by atoms with Gasteiger partial charge in [0, 0.05) is 25.8 Å². The van der Waals surface area contributed by atoms with Crippen LogP contribution < -0.4 is 10.2 Å². The number of anilines is 1. The van der Waals surface area contributed by atoms with E-state index in [0.717, 1.165) is 19.4 Å². The van der Waals surface area contributed by atoms with E-state index in [0.29, 0.717) is 24.5 Å². The van der Waals surface area contributed by atoms with Crippen LogP contribution in [0.15, 0.2) is 18.3 Å². The highest BCUT2D eigenvalue weighted by molar-refractivity contribution is 5.95. The number of hydrogen-bond acceptors (Lipinski definition) is 5. The van der Waals surface area contributed by atoms with Gasteiger partial charge in [-0.25, -0.2) is 9.78 Å². The zero-order chi connectivity index (χ0) is 16.8. The second-order valence-electron chi connectivity index (χ2n) is 6.01. The molecule has 1 saturated heterocycles. The highest BCUT2D eigenvalue weighted by Gasteiger charge is 2.28. The predicted octanol–water partition coefficient (Wildman–Crippen LogP) is 2.00. The number of carbonyl (C=O) groups is 2. The first-order valence-electron chi connectivity index (χ1n) is 8.21. The Hall–Kier alpha value is -2.11. The van der Waals surface area contributed by atoms with Crippen molar-refractivity contribution < 1.29 is 14.3 Å². The van der Waals surface area contributed by atoms with Crippen molar-refractivity contribution in [2.24, 2.45) is 5.92 Å². The minimum atomic E-state index is -0.372. The first-order valence-corrected chi connectivity index (χ1v) is 8.21. The fourth-order valence-electron chi connectivity index (χ4n) is 2.79. The Labute approximate surface area is 137 Å². The van der Waals surface area contributed by atoms with Crippen molar-refractivity contribution in [2.45, 2.75) is 39.7 Å². The molecule has 6 nitrogen and oxygen atoms in total. The highest BCUT2D eigenvalue weighted by Crippen LogP contribution is 2.25. The maximum Gasteiger partial charge on any atom is 0.342 e. The lowest BCUT2D eigenvalue weighted by atomic mass is 9.96. The normalized spacial score (nSPS) is 17.9. The Morgan fingerprint density at radius 3 is 2.96 bits per heavy atom. The largest absolute Gasteiger partial charge is 0.459 e. The van der Waals surface area contributed by atoms with Gasteiger partial charge in [-0.2, -0.15) is 0 Å². The number of ether oxygens (including phenoxy) is 1. The zero-order valence-electron chi connectivity index (χ0n) is 14.0. The van der Waals surface area contributed by atoms with E-state index in [-0.39, 0.29) is 23.9 Å². The molecule has 0 aliphatic carbocycles. The number of amides is 1. The quantitative estimate of drug-likeness (QED) is 0.841. The lowest BCUT2D eigenvalue weighted by Gasteiger charge is -2.33. The summed E-state index contributed by atoms with van der Waals surface area (Å²) in [4.78, 5) is 30.7. The number of aromatic nitrogens is 1. The molecular formula is C17H25N3O3. The summed E-state index contributed by atoms with van der Waals surface area (Å²) in [6.07, 6.45) is 3.25. The Balaban J connectivity index is 2.17. The first-order chi connectivity index (χ1) is 11.0. The lowest BCUT2D eigenvalue weighted by Crippen LogP contribution is -2.43. The maximum absolute atomic E-state index is 12.3. The average Bonchev–Trinajstić information content (AvgIpc) is 2.54. The molecule has 1 N–H and O–H groups in total. The molecule has 1 unspecified atom stereocenters. The number of nitrogens with zero attached hydrogens (tertiary/aromatic N) is 2. The van der Waals surface area contributed by atoms with Gasteiger partial charge in [-0.3, -0.25) is 4.79 Å². The fourth-order valence-corrected chi connectivity index (χ4v) is 2.79. The molecule has 2 rings (SSSR count). The van der Waals surface area contributed by atoms with Crippen molar-refractivity contribution in [1.29, 1.82) is 0 Å². The zero-order valence-corrected chi connectivity index (χ0v) is 14.0. The Bertz CT molecular complexity index is 560. The number of carbonyl (C=O) groups excluding carboxylic acids is 2. The van der Waals surface area contributed by atoms with E-state index in [1.807, 2.05) is 25.7 Å². The fraction of sp³-hybridized carbons (Fsp3) is 0.588. The van der Waals surface area contributed by atoms with Gasteiger partial charge in [-0.1, -0.05) is 0 Å². The second kappa shape index (κ2) is 7.94. The van der Waals surface area contributed by atoms with Crippen LogP contribution in [0.5, 0.6) is 0 Å². The molecule has 6 heteroatoms. The van der Waals surface area contributed by atoms with Gasteiger partial charge in [0.1, 0.15) is 11.4 Å². The molecule has 126 valence electrons. The molecule has 1 amide bonds. The van der Waals surface area contributed by atoms with Crippen LogP contribution in [-0.4, -0.2) is 42.6 Å². The molecule has 1 aliphatic heterocycles. The summed E-state index contributed by atoms with van der Waals surface area (Å²) < 4.78 is 5.30. The van der Waals surface area contributed by atoms with Gasteiger partial charge in [0.2, 0.25) is 5.91 Å². The van der Waals surface area contributed by atoms with Crippen LogP contribution in [0.4, 0.5) is 5.82 Å². The van der Waals surface area contributed by atoms with Crippen LogP contribution in [0, 0.1) is 5.92 Å². The summed E-state index contributed by atoms with van der Waals surface area (Å²) >= 11 is 0. The van der Waals surface area contributed by atoms with Crippen LogP contribution in [-0.2, 0) is 9.53 Å². The summed E-state index contributed by atoms with van der Waals surface area (Å²) in [5, 5.41) is 2.87. The maximum atomic E-state index is 12.3. The van der Waals surface area contributed by atoms with Crippen LogP contribution in [0.3, 0.4) is 0 Å². The van der Waals surface area contributed by atoms with Crippen molar-refractivity contribution in [3.05, 3.63) is 23.9 Å². The van der Waals surface area contributed by atoms with Crippen molar-refractivity contribution in [3.63, 3.8) is 0 Å². The minimum absolute atomic E-state index is 0.0689. The summed E-state index contributed by atoms with van der Waals surface area (Å²) in [5.41, 5.74) is 0.456. The highest BCUT2D eigenvalue weighted by atomic mass is 16.5. The SMILES string of the molecule is CCNC(=O)C1CCCN(c2ncccc2C(=O)OC(C)C)C1. The van der Waals surface area contributed by atoms with Gasteiger partial charge in [0.05, 0.1) is 12.0 Å². The second-order valence-corrected chi connectivity index (χ2v) is 6.01. The van der Waals surface area contributed by atoms with E-state index in [9.17, 15) is 9.59 Å². The van der Waals surface area contributed by atoms with E-state index in [1.165, 1.54) is 0 Å². The Morgan fingerprint density at radius 1 is 1.48 bits per heavy atom. The molecule has 1 aliphatic rings. The van der Waals surface area contributed by atoms with Gasteiger partial charge in [0.25, 0.3) is 0 Å². The van der Waals surface area contributed by atoms with Crippen LogP contribution >= 0.6 is 0 Å². The summed E-state index contributed by atoms with van der Waals surface area (Å²) in [6.45, 7) is 7.54. The van der Waals surface area contributed by atoms with Crippen molar-refractivity contribution in [1.82, 2.24) is 10.3 Å². The molecule has 1 fully saturated rings. The molecule has 1 aromatic heterocycles. The van der Waals surface area contributed by atoms with E-state index in [1.54, 1.807) is 18.3 Å². The van der Waals surface area contributed by atoms with Crippen LogP contribution in [0.25, 0.3) is 0 Å². The molecule has 23 heavy (non-hydrogen) atoms. The van der Waals surface area contributed by atoms with Gasteiger partial charge < -0.3 is 15.0 Å². The van der Waals surface area contributed by atoms with E-state index >= 15 is 0 Å². The predicted molar refractivity (Wildman–Crippen MR) is 88.4 cm³/mol. The minimum Gasteiger partial charge on any atom is -0.459 e. The van der Waals surface area contributed by atoms with E-state index in [4.69, 9.17) is 4.74 Å². The average molecular weight is 319 g/mol. The third-order valence-corrected chi connectivity index (χ3v) is 3.79. The number of pyridine rings is 1. The molecule has 2 heterocycles. The van der Waals surface area contributed by atoms with Crippen molar-refractivity contribution >= 4 is 17.7 Å². The molecular weight excluding hydrogens is 294 g/mol. The number of nitrogens with one attached hydrogen (secondary N) is 1. The summed E-state index contributed by atoms with van der Waals surface area (Å²) in [7, 11) is 0. The third-order valence-electron chi connectivity index (χ3n) is 3.79. The van der Waals surface area contributed by atoms with Gasteiger partial charge in [0.15, 0.2) is 0 Å². The number of esters is 1. The standard InChI is InChI=1S/C17H25N3O3/c1-4-18-16(21)13-7-6-10-20(11-13)15-14(8-5-9-19-15)17(22)23-12(2)3/h5,8-9,12-13H,4,6-7,10-11H2,1-3H3,(H,18,21).